The highest BCUT2D eigenvalue weighted by Gasteiger charge is 2.51. The standard InChI is InChI=1S/C16H21NO/c1-4-16(2)12(10-15(16)17-3)14-9-11-7-5-6-8-13(11)18-14/h5-9,12,15,17H,4,10H2,1-3H3. The number of furan rings is 1. The number of nitrogens with one attached hydrogen (secondary N) is 1. The Kier molecular flexibility index (Phi) is 2.70. The zero-order valence-corrected chi connectivity index (χ0v) is 11.4. The highest BCUT2D eigenvalue weighted by atomic mass is 16.3. The lowest BCUT2D eigenvalue weighted by molar-refractivity contribution is 0.0378. The van der Waals surface area contributed by atoms with Gasteiger partial charge in [-0.25, -0.2) is 0 Å². The van der Waals surface area contributed by atoms with Crippen molar-refractivity contribution in [2.45, 2.75) is 38.6 Å². The summed E-state index contributed by atoms with van der Waals surface area (Å²) in [6, 6.07) is 11.1. The molecule has 1 aliphatic carbocycles. The molecule has 1 N–H and O–H groups in total. The molecule has 3 unspecified atom stereocenters. The average molecular weight is 243 g/mol. The van der Waals surface area contributed by atoms with Crippen LogP contribution in [0, 0.1) is 5.41 Å². The van der Waals surface area contributed by atoms with E-state index in [-0.39, 0.29) is 0 Å². The first kappa shape index (κ1) is 11.8. The van der Waals surface area contributed by atoms with Crippen LogP contribution in [0.4, 0.5) is 0 Å². The Morgan fingerprint density at radius 1 is 1.39 bits per heavy atom. The first-order valence-corrected chi connectivity index (χ1v) is 6.84. The summed E-state index contributed by atoms with van der Waals surface area (Å²) in [6.07, 6.45) is 2.36. The lowest BCUT2D eigenvalue weighted by Gasteiger charge is -2.53. The molecule has 0 bridgehead atoms. The van der Waals surface area contributed by atoms with E-state index in [9.17, 15) is 0 Å². The summed E-state index contributed by atoms with van der Waals surface area (Å²) < 4.78 is 6.03. The van der Waals surface area contributed by atoms with Gasteiger partial charge in [0.2, 0.25) is 0 Å². The van der Waals surface area contributed by atoms with Gasteiger partial charge >= 0.3 is 0 Å². The van der Waals surface area contributed by atoms with E-state index in [4.69, 9.17) is 4.42 Å². The van der Waals surface area contributed by atoms with Crippen molar-refractivity contribution < 1.29 is 4.42 Å². The SMILES string of the molecule is CCC1(C)C(NC)CC1c1cc2ccccc2o1. The van der Waals surface area contributed by atoms with Gasteiger partial charge in [-0.15, -0.1) is 0 Å². The van der Waals surface area contributed by atoms with Crippen LogP contribution in [-0.4, -0.2) is 13.1 Å². The van der Waals surface area contributed by atoms with Gasteiger partial charge in [-0.1, -0.05) is 32.0 Å². The largest absolute Gasteiger partial charge is 0.461 e. The predicted octanol–water partition coefficient (Wildman–Crippen LogP) is 3.92. The van der Waals surface area contributed by atoms with Crippen LogP contribution in [0.3, 0.4) is 0 Å². The van der Waals surface area contributed by atoms with Crippen LogP contribution in [0.1, 0.15) is 38.4 Å². The molecule has 1 saturated carbocycles. The molecule has 0 aliphatic heterocycles. The summed E-state index contributed by atoms with van der Waals surface area (Å²) in [5.74, 6) is 1.71. The van der Waals surface area contributed by atoms with E-state index in [0.717, 1.165) is 11.3 Å². The number of benzene rings is 1. The van der Waals surface area contributed by atoms with Crippen LogP contribution in [0.2, 0.25) is 0 Å². The number of para-hydroxylation sites is 1. The Labute approximate surface area is 108 Å². The molecule has 96 valence electrons. The molecule has 3 rings (SSSR count). The lowest BCUT2D eigenvalue weighted by Crippen LogP contribution is -2.55. The van der Waals surface area contributed by atoms with Crippen LogP contribution in [0.15, 0.2) is 34.7 Å². The highest BCUT2D eigenvalue weighted by molar-refractivity contribution is 5.77. The predicted molar refractivity (Wildman–Crippen MR) is 74.8 cm³/mol. The van der Waals surface area contributed by atoms with Gasteiger partial charge < -0.3 is 9.73 Å². The summed E-state index contributed by atoms with van der Waals surface area (Å²) >= 11 is 0. The van der Waals surface area contributed by atoms with Gasteiger partial charge in [0.25, 0.3) is 0 Å². The minimum Gasteiger partial charge on any atom is -0.461 e. The molecule has 1 aromatic heterocycles. The third-order valence-electron chi connectivity index (χ3n) is 4.96. The van der Waals surface area contributed by atoms with Crippen molar-refractivity contribution in [3.63, 3.8) is 0 Å². The van der Waals surface area contributed by atoms with Crippen LogP contribution in [0.25, 0.3) is 11.0 Å². The van der Waals surface area contributed by atoms with Crippen LogP contribution in [-0.2, 0) is 0 Å². The number of hydrogen-bond acceptors (Lipinski definition) is 2. The maximum Gasteiger partial charge on any atom is 0.134 e. The molecule has 1 aliphatic rings. The van der Waals surface area contributed by atoms with Gasteiger partial charge in [0, 0.05) is 17.3 Å². The topological polar surface area (TPSA) is 25.2 Å². The first-order valence-electron chi connectivity index (χ1n) is 6.84. The van der Waals surface area contributed by atoms with Crippen LogP contribution in [0.5, 0.6) is 0 Å². The Bertz CT molecular complexity index is 526. The van der Waals surface area contributed by atoms with Gasteiger partial charge in [0.1, 0.15) is 11.3 Å². The van der Waals surface area contributed by atoms with E-state index in [1.54, 1.807) is 0 Å². The maximum absolute atomic E-state index is 6.03. The zero-order valence-electron chi connectivity index (χ0n) is 11.4. The number of fused-ring (bicyclic) bond motifs is 1. The summed E-state index contributed by atoms with van der Waals surface area (Å²) in [5.41, 5.74) is 1.33. The fourth-order valence-corrected chi connectivity index (χ4v) is 3.41. The number of rotatable bonds is 3. The second-order valence-corrected chi connectivity index (χ2v) is 5.68. The van der Waals surface area contributed by atoms with E-state index in [1.807, 2.05) is 6.07 Å². The molecular formula is C16H21NO. The second-order valence-electron chi connectivity index (χ2n) is 5.68. The molecule has 18 heavy (non-hydrogen) atoms. The Morgan fingerprint density at radius 2 is 2.17 bits per heavy atom. The average Bonchev–Trinajstić information content (AvgIpc) is 2.80. The van der Waals surface area contributed by atoms with Gasteiger partial charge in [-0.3, -0.25) is 0 Å². The second kappa shape index (κ2) is 4.13. The van der Waals surface area contributed by atoms with Crippen molar-refractivity contribution in [2.24, 2.45) is 5.41 Å². The summed E-state index contributed by atoms with van der Waals surface area (Å²) in [4.78, 5) is 0. The third kappa shape index (κ3) is 1.52. The van der Waals surface area contributed by atoms with E-state index in [2.05, 4.69) is 50.5 Å². The van der Waals surface area contributed by atoms with E-state index in [1.165, 1.54) is 18.2 Å². The molecular weight excluding hydrogens is 222 g/mol. The molecule has 1 fully saturated rings. The minimum atomic E-state index is 0.322. The van der Waals surface area contributed by atoms with Crippen molar-refractivity contribution >= 4 is 11.0 Å². The van der Waals surface area contributed by atoms with Crippen molar-refractivity contribution in [1.29, 1.82) is 0 Å². The van der Waals surface area contributed by atoms with Crippen molar-refractivity contribution in [3.8, 4) is 0 Å². The summed E-state index contributed by atoms with van der Waals surface area (Å²) in [6.45, 7) is 4.65. The fourth-order valence-electron chi connectivity index (χ4n) is 3.41. The fraction of sp³-hybridized carbons (Fsp3) is 0.500. The first-order chi connectivity index (χ1) is 8.69. The zero-order chi connectivity index (χ0) is 12.8. The molecule has 3 atom stereocenters. The Balaban J connectivity index is 1.96. The minimum absolute atomic E-state index is 0.322. The van der Waals surface area contributed by atoms with E-state index >= 15 is 0 Å². The van der Waals surface area contributed by atoms with Gasteiger partial charge in [-0.05, 0) is 37.4 Å². The van der Waals surface area contributed by atoms with E-state index < -0.39 is 0 Å². The molecule has 2 aromatic rings. The third-order valence-corrected chi connectivity index (χ3v) is 4.96. The van der Waals surface area contributed by atoms with Gasteiger partial charge in [0.15, 0.2) is 0 Å². The number of hydrogen-bond donors (Lipinski definition) is 1. The Morgan fingerprint density at radius 3 is 2.83 bits per heavy atom. The van der Waals surface area contributed by atoms with Crippen molar-refractivity contribution in [3.05, 3.63) is 36.1 Å². The smallest absolute Gasteiger partial charge is 0.134 e. The highest BCUT2D eigenvalue weighted by Crippen LogP contribution is 2.55. The van der Waals surface area contributed by atoms with Crippen molar-refractivity contribution in [1.82, 2.24) is 5.32 Å². The quantitative estimate of drug-likeness (QED) is 0.883. The summed E-state index contributed by atoms with van der Waals surface area (Å²) in [7, 11) is 2.06. The van der Waals surface area contributed by atoms with Gasteiger partial charge in [0.05, 0.1) is 0 Å². The molecule has 0 spiro atoms. The van der Waals surface area contributed by atoms with Crippen LogP contribution < -0.4 is 5.32 Å². The molecule has 1 aromatic carbocycles. The van der Waals surface area contributed by atoms with Gasteiger partial charge in [-0.2, -0.15) is 0 Å². The molecule has 2 nitrogen and oxygen atoms in total. The van der Waals surface area contributed by atoms with Crippen molar-refractivity contribution in [2.75, 3.05) is 7.05 Å². The van der Waals surface area contributed by atoms with E-state index in [0.29, 0.717) is 17.4 Å². The summed E-state index contributed by atoms with van der Waals surface area (Å²) in [5, 5.41) is 4.66. The van der Waals surface area contributed by atoms with Crippen LogP contribution >= 0.6 is 0 Å². The monoisotopic (exact) mass is 243 g/mol. The molecule has 1 heterocycles. The normalized spacial score (nSPS) is 31.5. The Hall–Kier alpha value is -1.28. The molecule has 0 radical (unpaired) electrons. The molecule has 0 saturated heterocycles. The molecule has 2 heteroatoms. The maximum atomic E-state index is 6.03. The lowest BCUT2D eigenvalue weighted by atomic mass is 9.55. The molecule has 0 amide bonds.